The number of furan rings is 1. The van der Waals surface area contributed by atoms with Gasteiger partial charge in [-0.25, -0.2) is 0 Å². The van der Waals surface area contributed by atoms with Gasteiger partial charge in [0, 0.05) is 23.9 Å². The smallest absolute Gasteiger partial charge is 0.310 e. The Hall–Kier alpha value is -3.32. The van der Waals surface area contributed by atoms with Crippen LogP contribution in [0.15, 0.2) is 46.9 Å². The van der Waals surface area contributed by atoms with Crippen LogP contribution in [0.25, 0.3) is 11.0 Å². The number of rotatable bonds is 9. The minimum Gasteiger partial charge on any atom is -0.489 e. The van der Waals surface area contributed by atoms with Crippen LogP contribution < -0.4 is 15.8 Å². The molecule has 1 atom stereocenters. The van der Waals surface area contributed by atoms with E-state index in [2.05, 4.69) is 5.32 Å². The monoisotopic (exact) mass is 435 g/mol. The molecule has 3 aromatic rings. The highest BCUT2D eigenvalue weighted by Gasteiger charge is 2.18. The van der Waals surface area contributed by atoms with E-state index < -0.39 is 0 Å². The molecule has 0 amide bonds. The number of amidine groups is 1. The molecule has 0 unspecified atom stereocenters. The molecular weight excluding hydrogens is 406 g/mol. The number of carbonyl (C=O) groups is 1. The zero-order valence-electron chi connectivity index (χ0n) is 18.3. The summed E-state index contributed by atoms with van der Waals surface area (Å²) in [5.41, 5.74) is 9.02. The summed E-state index contributed by atoms with van der Waals surface area (Å²) in [5, 5.41) is 11.8. The van der Waals surface area contributed by atoms with Gasteiger partial charge < -0.3 is 24.9 Å². The van der Waals surface area contributed by atoms with Crippen molar-refractivity contribution in [2.24, 2.45) is 5.73 Å². The van der Waals surface area contributed by atoms with Crippen LogP contribution >= 0.6 is 0 Å². The lowest BCUT2D eigenvalue weighted by atomic mass is 9.99. The van der Waals surface area contributed by atoms with Crippen molar-refractivity contribution in [3.63, 3.8) is 0 Å². The summed E-state index contributed by atoms with van der Waals surface area (Å²) < 4.78 is 17.2. The van der Waals surface area contributed by atoms with Crippen molar-refractivity contribution in [1.82, 2.24) is 5.32 Å². The second-order valence-corrected chi connectivity index (χ2v) is 8.02. The van der Waals surface area contributed by atoms with Crippen molar-refractivity contribution in [3.05, 3.63) is 64.9 Å². The fourth-order valence-electron chi connectivity index (χ4n) is 4.02. The van der Waals surface area contributed by atoms with Crippen molar-refractivity contribution in [2.75, 3.05) is 19.7 Å². The van der Waals surface area contributed by atoms with Gasteiger partial charge in [-0.2, -0.15) is 0 Å². The molecule has 1 aliphatic heterocycles. The molecule has 2 heterocycles. The Balaban J connectivity index is 1.51. The Bertz CT molecular complexity index is 1120. The summed E-state index contributed by atoms with van der Waals surface area (Å²) >= 11 is 0. The fourth-order valence-corrected chi connectivity index (χ4v) is 4.02. The first-order valence-electron chi connectivity index (χ1n) is 11.0. The highest BCUT2D eigenvalue weighted by Crippen LogP contribution is 2.25. The minimum absolute atomic E-state index is 0.0361. The van der Waals surface area contributed by atoms with Crippen LogP contribution in [0.5, 0.6) is 5.75 Å². The average Bonchev–Trinajstić information content (AvgIpc) is 3.42. The molecule has 1 aliphatic rings. The standard InChI is InChI=1S/C25H29N3O4/c1-2-30-24(29)14-18-12-20(31-22-9-10-28-15-22)6-3-16(18)4-7-21-13-19-11-17(25(26)27)5-8-23(19)32-21/h3,5-6,8,11-13,22,28H,2,4,7,9-10,14-15H2,1H3,(H3,26,27)/t22-/m0/s1. The van der Waals surface area contributed by atoms with Crippen LogP contribution in [0.1, 0.15) is 35.8 Å². The van der Waals surface area contributed by atoms with Crippen molar-refractivity contribution < 1.29 is 18.7 Å². The maximum absolute atomic E-state index is 12.2. The number of fused-ring (bicyclic) bond motifs is 1. The third kappa shape index (κ3) is 5.29. The van der Waals surface area contributed by atoms with E-state index in [1.807, 2.05) is 43.3 Å². The molecular formula is C25H29N3O4. The lowest BCUT2D eigenvalue weighted by Gasteiger charge is -2.15. The Kier molecular flexibility index (Phi) is 6.75. The van der Waals surface area contributed by atoms with Gasteiger partial charge in [0.05, 0.1) is 13.0 Å². The number of hydrogen-bond donors (Lipinski definition) is 3. The van der Waals surface area contributed by atoms with Crippen molar-refractivity contribution in [2.45, 2.75) is 38.7 Å². The van der Waals surface area contributed by atoms with E-state index in [4.69, 9.17) is 25.0 Å². The second-order valence-electron chi connectivity index (χ2n) is 8.02. The van der Waals surface area contributed by atoms with E-state index >= 15 is 0 Å². The van der Waals surface area contributed by atoms with Crippen LogP contribution in [0, 0.1) is 5.41 Å². The normalized spacial score (nSPS) is 15.7. The van der Waals surface area contributed by atoms with E-state index in [1.165, 1.54) is 0 Å². The molecule has 7 heteroatoms. The van der Waals surface area contributed by atoms with Crippen LogP contribution in [0.3, 0.4) is 0 Å². The third-order valence-electron chi connectivity index (χ3n) is 5.65. The topological polar surface area (TPSA) is 111 Å². The molecule has 0 spiro atoms. The molecule has 0 bridgehead atoms. The zero-order chi connectivity index (χ0) is 22.5. The van der Waals surface area contributed by atoms with E-state index in [-0.39, 0.29) is 24.3 Å². The maximum atomic E-state index is 12.2. The number of benzene rings is 2. The molecule has 1 saturated heterocycles. The summed E-state index contributed by atoms with van der Waals surface area (Å²) in [6, 6.07) is 13.4. The zero-order valence-corrected chi connectivity index (χ0v) is 18.3. The van der Waals surface area contributed by atoms with Crippen LogP contribution in [-0.4, -0.2) is 37.6 Å². The van der Waals surface area contributed by atoms with Gasteiger partial charge in [-0.1, -0.05) is 6.07 Å². The summed E-state index contributed by atoms with van der Waals surface area (Å²) in [6.07, 6.45) is 2.76. The molecule has 32 heavy (non-hydrogen) atoms. The number of aryl methyl sites for hydroxylation is 2. The van der Waals surface area contributed by atoms with E-state index in [0.717, 1.165) is 59.5 Å². The highest BCUT2D eigenvalue weighted by molar-refractivity contribution is 5.98. The Morgan fingerprint density at radius 1 is 1.19 bits per heavy atom. The quantitative estimate of drug-likeness (QED) is 0.270. The van der Waals surface area contributed by atoms with Crippen LogP contribution in [0.2, 0.25) is 0 Å². The SMILES string of the molecule is CCOC(=O)Cc1cc(O[C@H]2CCNC2)ccc1CCc1cc2cc(C(=N)N)ccc2o1. The predicted molar refractivity (Wildman–Crippen MR) is 123 cm³/mol. The van der Waals surface area contributed by atoms with Crippen molar-refractivity contribution >= 4 is 22.8 Å². The minimum atomic E-state index is -0.242. The fraction of sp³-hybridized carbons (Fsp3) is 0.360. The van der Waals surface area contributed by atoms with E-state index in [1.54, 1.807) is 6.07 Å². The van der Waals surface area contributed by atoms with Gasteiger partial charge in [-0.3, -0.25) is 10.2 Å². The van der Waals surface area contributed by atoms with Gasteiger partial charge in [0.2, 0.25) is 0 Å². The summed E-state index contributed by atoms with van der Waals surface area (Å²) in [4.78, 5) is 12.2. The van der Waals surface area contributed by atoms with Crippen molar-refractivity contribution in [1.29, 1.82) is 5.41 Å². The number of hydrogen-bond acceptors (Lipinski definition) is 6. The van der Waals surface area contributed by atoms with Crippen LogP contribution in [-0.2, 0) is 28.8 Å². The Morgan fingerprint density at radius 3 is 2.81 bits per heavy atom. The Morgan fingerprint density at radius 2 is 2.06 bits per heavy atom. The lowest BCUT2D eigenvalue weighted by Crippen LogP contribution is -2.19. The third-order valence-corrected chi connectivity index (χ3v) is 5.65. The molecule has 1 fully saturated rings. The highest BCUT2D eigenvalue weighted by atomic mass is 16.5. The van der Waals surface area contributed by atoms with Crippen LogP contribution in [0.4, 0.5) is 0 Å². The molecule has 0 saturated carbocycles. The molecule has 0 aliphatic carbocycles. The first-order valence-corrected chi connectivity index (χ1v) is 11.0. The summed E-state index contributed by atoms with van der Waals surface area (Å²) in [7, 11) is 0. The summed E-state index contributed by atoms with van der Waals surface area (Å²) in [5.74, 6) is 1.42. The van der Waals surface area contributed by atoms with Gasteiger partial charge in [-0.05, 0) is 73.8 Å². The number of nitrogens with two attached hydrogens (primary N) is 1. The molecule has 1 aromatic heterocycles. The molecule has 4 rings (SSSR count). The molecule has 4 N–H and O–H groups in total. The number of esters is 1. The van der Waals surface area contributed by atoms with Gasteiger partial charge >= 0.3 is 5.97 Å². The largest absolute Gasteiger partial charge is 0.489 e. The van der Waals surface area contributed by atoms with Gasteiger partial charge in [0.25, 0.3) is 0 Å². The van der Waals surface area contributed by atoms with E-state index in [0.29, 0.717) is 18.6 Å². The number of ether oxygens (including phenoxy) is 2. The van der Waals surface area contributed by atoms with Gasteiger partial charge in [-0.15, -0.1) is 0 Å². The molecule has 0 radical (unpaired) electrons. The first-order chi connectivity index (χ1) is 15.5. The van der Waals surface area contributed by atoms with E-state index in [9.17, 15) is 4.79 Å². The number of nitrogen functional groups attached to an aromatic ring is 1. The van der Waals surface area contributed by atoms with Gasteiger partial charge in [0.1, 0.15) is 29.0 Å². The molecule has 2 aromatic carbocycles. The maximum Gasteiger partial charge on any atom is 0.310 e. The predicted octanol–water partition coefficient (Wildman–Crippen LogP) is 3.35. The van der Waals surface area contributed by atoms with Crippen molar-refractivity contribution in [3.8, 4) is 5.75 Å². The molecule has 168 valence electrons. The lowest BCUT2D eigenvalue weighted by molar-refractivity contribution is -0.142. The Labute approximate surface area is 187 Å². The number of carbonyl (C=O) groups excluding carboxylic acids is 1. The number of nitrogens with one attached hydrogen (secondary N) is 2. The second kappa shape index (κ2) is 9.87. The molecule has 7 nitrogen and oxygen atoms in total. The average molecular weight is 436 g/mol. The summed E-state index contributed by atoms with van der Waals surface area (Å²) in [6.45, 7) is 3.97. The van der Waals surface area contributed by atoms with Gasteiger partial charge in [0.15, 0.2) is 0 Å². The first kappa shape index (κ1) is 21.9.